The van der Waals surface area contributed by atoms with Crippen LogP contribution in [-0.2, 0) is 9.47 Å². The molecule has 0 N–H and O–H groups in total. The molecule has 0 amide bonds. The van der Waals surface area contributed by atoms with E-state index in [-0.39, 0.29) is 11.5 Å². The molecule has 0 spiro atoms. The molecule has 0 bridgehead atoms. The van der Waals surface area contributed by atoms with Gasteiger partial charge in [-0.2, -0.15) is 0 Å². The molecule has 0 aliphatic carbocycles. The molecular weight excluding hydrogens is 196 g/mol. The highest BCUT2D eigenvalue weighted by Crippen LogP contribution is 2.32. The molecule has 2 atom stereocenters. The molecular formula is C11H12O2S. The van der Waals surface area contributed by atoms with E-state index in [4.69, 9.17) is 9.47 Å². The summed E-state index contributed by atoms with van der Waals surface area (Å²) in [5.74, 6) is 0. The van der Waals surface area contributed by atoms with Crippen molar-refractivity contribution in [1.82, 2.24) is 0 Å². The number of hydrogen-bond acceptors (Lipinski definition) is 3. The largest absolute Gasteiger partial charge is 0.485 e. The lowest BCUT2D eigenvalue weighted by molar-refractivity contribution is 0.184. The first-order chi connectivity index (χ1) is 6.90. The fraction of sp³-hybridized carbons (Fsp3) is 0.273. The minimum atomic E-state index is 0.0369. The van der Waals surface area contributed by atoms with Crippen molar-refractivity contribution in [2.45, 2.75) is 16.4 Å². The van der Waals surface area contributed by atoms with Gasteiger partial charge in [-0.15, -0.1) is 0 Å². The zero-order chi connectivity index (χ0) is 9.80. The number of thioether (sulfide) groups is 1. The van der Waals surface area contributed by atoms with Crippen LogP contribution < -0.4 is 0 Å². The van der Waals surface area contributed by atoms with Gasteiger partial charge in [-0.1, -0.05) is 36.5 Å². The molecule has 14 heavy (non-hydrogen) atoms. The predicted molar refractivity (Wildman–Crippen MR) is 57.1 cm³/mol. The van der Waals surface area contributed by atoms with Gasteiger partial charge in [-0.05, 0) is 12.1 Å². The Balaban J connectivity index is 1.96. The topological polar surface area (TPSA) is 21.8 Å². The third kappa shape index (κ3) is 2.53. The molecule has 1 aromatic carbocycles. The molecule has 2 nitrogen and oxygen atoms in total. The van der Waals surface area contributed by atoms with E-state index in [1.54, 1.807) is 11.8 Å². The van der Waals surface area contributed by atoms with Crippen molar-refractivity contribution in [1.29, 1.82) is 0 Å². The van der Waals surface area contributed by atoms with Crippen LogP contribution in [0.5, 0.6) is 0 Å². The van der Waals surface area contributed by atoms with Crippen LogP contribution in [0.15, 0.2) is 48.1 Å². The van der Waals surface area contributed by atoms with Crippen LogP contribution in [-0.4, -0.2) is 18.1 Å². The summed E-state index contributed by atoms with van der Waals surface area (Å²) in [6.07, 6.45) is 1.70. The van der Waals surface area contributed by atoms with Gasteiger partial charge in [0, 0.05) is 4.90 Å². The quantitative estimate of drug-likeness (QED) is 0.321. The van der Waals surface area contributed by atoms with Gasteiger partial charge in [0.15, 0.2) is 5.44 Å². The highest BCUT2D eigenvalue weighted by molar-refractivity contribution is 7.99. The van der Waals surface area contributed by atoms with Crippen molar-refractivity contribution in [3.8, 4) is 0 Å². The molecule has 1 heterocycles. The maximum atomic E-state index is 5.37. The minimum Gasteiger partial charge on any atom is -0.485 e. The lowest BCUT2D eigenvalue weighted by Gasteiger charge is -2.12. The maximum absolute atomic E-state index is 5.37. The molecule has 0 saturated carbocycles. The number of rotatable bonds is 5. The Kier molecular flexibility index (Phi) is 3.11. The third-order valence-corrected chi connectivity index (χ3v) is 3.08. The Bertz CT molecular complexity index is 295. The lowest BCUT2D eigenvalue weighted by atomic mass is 10.4. The predicted octanol–water partition coefficient (Wildman–Crippen LogP) is 2.66. The molecule has 2 rings (SSSR count). The van der Waals surface area contributed by atoms with Crippen LogP contribution in [0.3, 0.4) is 0 Å². The number of epoxide rings is 1. The van der Waals surface area contributed by atoms with E-state index in [1.807, 2.05) is 18.2 Å². The Morgan fingerprint density at radius 3 is 2.79 bits per heavy atom. The van der Waals surface area contributed by atoms with Gasteiger partial charge in [-0.25, -0.2) is 0 Å². The van der Waals surface area contributed by atoms with Crippen molar-refractivity contribution in [2.75, 3.05) is 6.61 Å². The normalized spacial score (nSPS) is 21.3. The van der Waals surface area contributed by atoms with Gasteiger partial charge in [0.1, 0.15) is 6.10 Å². The molecule has 1 aromatic rings. The minimum absolute atomic E-state index is 0.0369. The number of ether oxygens (including phenoxy) is 2. The molecule has 1 saturated heterocycles. The second kappa shape index (κ2) is 4.53. The lowest BCUT2D eigenvalue weighted by Crippen LogP contribution is -2.12. The smallest absolute Gasteiger partial charge is 0.176 e. The van der Waals surface area contributed by atoms with Crippen LogP contribution >= 0.6 is 11.8 Å². The molecule has 1 fully saturated rings. The van der Waals surface area contributed by atoms with Gasteiger partial charge >= 0.3 is 0 Å². The van der Waals surface area contributed by atoms with E-state index < -0.39 is 0 Å². The second-order valence-electron chi connectivity index (χ2n) is 2.97. The summed E-state index contributed by atoms with van der Waals surface area (Å²) >= 11 is 1.67. The van der Waals surface area contributed by atoms with Gasteiger partial charge in [0.2, 0.25) is 0 Å². The zero-order valence-electron chi connectivity index (χ0n) is 7.76. The maximum Gasteiger partial charge on any atom is 0.176 e. The highest BCUT2D eigenvalue weighted by Gasteiger charge is 2.34. The van der Waals surface area contributed by atoms with E-state index in [0.717, 1.165) is 6.61 Å². The summed E-state index contributed by atoms with van der Waals surface area (Å²) in [4.78, 5) is 1.19. The molecule has 0 radical (unpaired) electrons. The first-order valence-electron chi connectivity index (χ1n) is 4.50. The van der Waals surface area contributed by atoms with Crippen molar-refractivity contribution >= 4 is 11.8 Å². The van der Waals surface area contributed by atoms with Crippen LogP contribution in [0.1, 0.15) is 0 Å². The van der Waals surface area contributed by atoms with E-state index in [0.29, 0.717) is 0 Å². The van der Waals surface area contributed by atoms with Crippen molar-refractivity contribution in [2.24, 2.45) is 0 Å². The Morgan fingerprint density at radius 1 is 1.50 bits per heavy atom. The molecule has 0 aromatic heterocycles. The Morgan fingerprint density at radius 2 is 2.21 bits per heavy atom. The number of benzene rings is 1. The zero-order valence-corrected chi connectivity index (χ0v) is 8.57. The standard InChI is InChI=1S/C11H12O2S/c1-2-12-11(10-8-13-10)14-9-6-4-3-5-7-9/h2-7,10-11H,1,8H2. The summed E-state index contributed by atoms with van der Waals surface area (Å²) in [7, 11) is 0. The first-order valence-corrected chi connectivity index (χ1v) is 5.38. The van der Waals surface area contributed by atoms with Crippen LogP contribution in [0.25, 0.3) is 0 Å². The third-order valence-electron chi connectivity index (χ3n) is 1.89. The van der Waals surface area contributed by atoms with Gasteiger partial charge in [-0.3, -0.25) is 0 Å². The van der Waals surface area contributed by atoms with Crippen LogP contribution in [0.4, 0.5) is 0 Å². The van der Waals surface area contributed by atoms with E-state index >= 15 is 0 Å². The van der Waals surface area contributed by atoms with Crippen LogP contribution in [0, 0.1) is 0 Å². The van der Waals surface area contributed by atoms with E-state index in [9.17, 15) is 0 Å². The van der Waals surface area contributed by atoms with Gasteiger partial charge in [0.25, 0.3) is 0 Å². The summed E-state index contributed by atoms with van der Waals surface area (Å²) < 4.78 is 10.6. The average molecular weight is 208 g/mol. The summed E-state index contributed by atoms with van der Waals surface area (Å²) in [6.45, 7) is 4.35. The van der Waals surface area contributed by atoms with E-state index in [1.165, 1.54) is 11.2 Å². The van der Waals surface area contributed by atoms with Gasteiger partial charge < -0.3 is 9.47 Å². The van der Waals surface area contributed by atoms with Crippen molar-refractivity contribution in [3.63, 3.8) is 0 Å². The van der Waals surface area contributed by atoms with Crippen molar-refractivity contribution in [3.05, 3.63) is 43.2 Å². The molecule has 3 heteroatoms. The molecule has 2 unspecified atom stereocenters. The fourth-order valence-electron chi connectivity index (χ4n) is 1.13. The second-order valence-corrected chi connectivity index (χ2v) is 4.15. The van der Waals surface area contributed by atoms with E-state index in [2.05, 4.69) is 18.7 Å². The highest BCUT2D eigenvalue weighted by atomic mass is 32.2. The number of hydrogen-bond donors (Lipinski definition) is 0. The Hall–Kier alpha value is -0.930. The van der Waals surface area contributed by atoms with Crippen LogP contribution in [0.2, 0.25) is 0 Å². The summed E-state index contributed by atoms with van der Waals surface area (Å²) in [5.41, 5.74) is 0.0369. The Labute approximate surface area is 87.9 Å². The average Bonchev–Trinajstić information content (AvgIpc) is 3.02. The monoisotopic (exact) mass is 208 g/mol. The molecule has 1 aliphatic heterocycles. The molecule has 74 valence electrons. The summed E-state index contributed by atoms with van der Waals surface area (Å²) in [6, 6.07) is 10.2. The SMILES string of the molecule is C=COC(Sc1ccccc1)C1CO1. The van der Waals surface area contributed by atoms with Gasteiger partial charge in [0.05, 0.1) is 12.9 Å². The molecule has 1 aliphatic rings. The summed E-state index contributed by atoms with van der Waals surface area (Å²) in [5, 5.41) is 0. The van der Waals surface area contributed by atoms with Crippen molar-refractivity contribution < 1.29 is 9.47 Å². The first kappa shape index (κ1) is 9.62. The fourth-order valence-corrected chi connectivity index (χ4v) is 2.16.